The van der Waals surface area contributed by atoms with Gasteiger partial charge in [0.25, 0.3) is 0 Å². The van der Waals surface area contributed by atoms with E-state index in [1.165, 1.54) is 0 Å². The van der Waals surface area contributed by atoms with Crippen LogP contribution < -0.4 is 10.1 Å². The highest BCUT2D eigenvalue weighted by Crippen LogP contribution is 2.43. The number of hydrogen-bond acceptors (Lipinski definition) is 4. The molecule has 0 bridgehead atoms. The molecule has 150 valence electrons. The normalized spacial score (nSPS) is 15.1. The Bertz CT molecular complexity index is 1020. The lowest BCUT2D eigenvalue weighted by Crippen LogP contribution is -2.26. The lowest BCUT2D eigenvalue weighted by molar-refractivity contribution is 0.0912. The molecule has 0 atom stereocenters. The number of aromatic amines is 1. The molecule has 0 spiro atoms. The third kappa shape index (κ3) is 4.04. The first-order valence-electron chi connectivity index (χ1n) is 10.2. The lowest BCUT2D eigenvalue weighted by atomic mass is 9.76. The summed E-state index contributed by atoms with van der Waals surface area (Å²) in [6, 6.07) is 11.8. The summed E-state index contributed by atoms with van der Waals surface area (Å²) in [7, 11) is 0. The maximum Gasteiger partial charge on any atom is 0.167 e. The number of anilines is 2. The minimum Gasteiger partial charge on any atom is -0.494 e. The van der Waals surface area contributed by atoms with Crippen LogP contribution in [0.25, 0.3) is 11.3 Å². The van der Waals surface area contributed by atoms with Crippen molar-refractivity contribution in [3.63, 3.8) is 0 Å². The SMILES string of the molecule is CCCOc1cccc(Nc2c(-c3ccncc3)[nH]c3c2C(=O)CC(C)(C)C3)c1. The summed E-state index contributed by atoms with van der Waals surface area (Å²) in [6.07, 6.45) is 5.88. The standard InChI is InChI=1S/C24H27N3O2/c1-4-12-29-18-7-5-6-17(13-18)26-23-21-19(14-24(2,3)15-20(21)28)27-22(23)16-8-10-25-11-9-16/h5-11,13,26-27H,4,12,14-15H2,1-3H3. The predicted molar refractivity (Wildman–Crippen MR) is 116 cm³/mol. The third-order valence-electron chi connectivity index (χ3n) is 5.20. The quantitative estimate of drug-likeness (QED) is 0.562. The highest BCUT2D eigenvalue weighted by molar-refractivity contribution is 6.07. The average Bonchev–Trinajstić information content (AvgIpc) is 3.04. The number of H-pyrrole nitrogens is 1. The number of pyridine rings is 1. The van der Waals surface area contributed by atoms with Gasteiger partial charge in [-0.1, -0.05) is 26.8 Å². The van der Waals surface area contributed by atoms with Crippen LogP contribution >= 0.6 is 0 Å². The van der Waals surface area contributed by atoms with E-state index >= 15 is 0 Å². The number of hydrogen-bond donors (Lipinski definition) is 2. The van der Waals surface area contributed by atoms with Gasteiger partial charge >= 0.3 is 0 Å². The van der Waals surface area contributed by atoms with E-state index in [4.69, 9.17) is 4.74 Å². The molecular weight excluding hydrogens is 362 g/mol. The van der Waals surface area contributed by atoms with Gasteiger partial charge in [0.2, 0.25) is 0 Å². The van der Waals surface area contributed by atoms with Gasteiger partial charge in [-0.2, -0.15) is 0 Å². The van der Waals surface area contributed by atoms with Crippen LogP contribution in [0.2, 0.25) is 0 Å². The molecule has 1 aromatic carbocycles. The predicted octanol–water partition coefficient (Wildman–Crippen LogP) is 5.76. The fourth-order valence-corrected chi connectivity index (χ4v) is 3.94. The number of ether oxygens (including phenoxy) is 1. The number of fused-ring (bicyclic) bond motifs is 1. The number of rotatable bonds is 6. The molecule has 0 amide bonds. The Morgan fingerprint density at radius 3 is 2.72 bits per heavy atom. The number of benzene rings is 1. The molecule has 2 heterocycles. The second-order valence-corrected chi connectivity index (χ2v) is 8.41. The molecule has 4 rings (SSSR count). The van der Waals surface area contributed by atoms with Crippen molar-refractivity contribution in [1.29, 1.82) is 0 Å². The Kier molecular flexibility index (Phi) is 5.14. The van der Waals surface area contributed by atoms with Crippen LogP contribution in [0, 0.1) is 5.41 Å². The zero-order chi connectivity index (χ0) is 20.4. The Balaban J connectivity index is 1.78. The molecule has 0 saturated heterocycles. The van der Waals surface area contributed by atoms with Crippen LogP contribution in [0.5, 0.6) is 5.75 Å². The summed E-state index contributed by atoms with van der Waals surface area (Å²) in [5.74, 6) is 0.993. The summed E-state index contributed by atoms with van der Waals surface area (Å²) in [5.41, 5.74) is 5.38. The number of Topliss-reactive ketones (excluding diaryl/α,β-unsaturated/α-hetero) is 1. The molecule has 3 aromatic rings. The minimum atomic E-state index is -0.0460. The van der Waals surface area contributed by atoms with Gasteiger partial charge in [0.1, 0.15) is 5.75 Å². The van der Waals surface area contributed by atoms with Gasteiger partial charge < -0.3 is 15.0 Å². The topological polar surface area (TPSA) is 67.0 Å². The zero-order valence-corrected chi connectivity index (χ0v) is 17.2. The van der Waals surface area contributed by atoms with E-state index in [0.717, 1.165) is 52.5 Å². The Labute approximate surface area is 171 Å². The molecule has 0 saturated carbocycles. The van der Waals surface area contributed by atoms with Crippen LogP contribution in [0.3, 0.4) is 0 Å². The fourth-order valence-electron chi connectivity index (χ4n) is 3.94. The van der Waals surface area contributed by atoms with E-state index in [1.54, 1.807) is 12.4 Å². The summed E-state index contributed by atoms with van der Waals surface area (Å²) in [5, 5.41) is 3.50. The third-order valence-corrected chi connectivity index (χ3v) is 5.20. The van der Waals surface area contributed by atoms with Gasteiger partial charge in [-0.25, -0.2) is 0 Å². The van der Waals surface area contributed by atoms with Crippen molar-refractivity contribution in [3.05, 3.63) is 60.0 Å². The average molecular weight is 389 g/mol. The van der Waals surface area contributed by atoms with E-state index in [2.05, 4.69) is 36.1 Å². The molecule has 0 unspecified atom stereocenters. The van der Waals surface area contributed by atoms with Crippen LogP contribution in [-0.2, 0) is 6.42 Å². The van der Waals surface area contributed by atoms with E-state index in [1.807, 2.05) is 36.4 Å². The number of carbonyl (C=O) groups is 1. The lowest BCUT2D eigenvalue weighted by Gasteiger charge is -2.28. The maximum absolute atomic E-state index is 13.1. The summed E-state index contributed by atoms with van der Waals surface area (Å²) in [4.78, 5) is 20.7. The van der Waals surface area contributed by atoms with E-state index in [-0.39, 0.29) is 11.2 Å². The first-order chi connectivity index (χ1) is 14.0. The largest absolute Gasteiger partial charge is 0.494 e. The summed E-state index contributed by atoms with van der Waals surface area (Å²) < 4.78 is 5.77. The second-order valence-electron chi connectivity index (χ2n) is 8.41. The molecule has 1 aliphatic carbocycles. The van der Waals surface area contributed by atoms with Gasteiger partial charge in [0.05, 0.1) is 23.6 Å². The van der Waals surface area contributed by atoms with E-state index in [9.17, 15) is 4.79 Å². The van der Waals surface area contributed by atoms with Crippen molar-refractivity contribution < 1.29 is 9.53 Å². The van der Waals surface area contributed by atoms with Crippen molar-refractivity contribution in [2.45, 2.75) is 40.0 Å². The summed E-state index contributed by atoms with van der Waals surface area (Å²) in [6.45, 7) is 7.05. The Hall–Kier alpha value is -3.08. The van der Waals surface area contributed by atoms with Gasteiger partial charge in [-0.05, 0) is 42.5 Å². The smallest absolute Gasteiger partial charge is 0.167 e. The Morgan fingerprint density at radius 2 is 1.97 bits per heavy atom. The molecule has 0 radical (unpaired) electrons. The number of aromatic nitrogens is 2. The first-order valence-corrected chi connectivity index (χ1v) is 10.2. The monoisotopic (exact) mass is 389 g/mol. The molecular formula is C24H27N3O2. The number of carbonyl (C=O) groups excluding carboxylic acids is 1. The van der Waals surface area contributed by atoms with Crippen molar-refractivity contribution in [3.8, 4) is 17.0 Å². The minimum absolute atomic E-state index is 0.0460. The van der Waals surface area contributed by atoms with Crippen molar-refractivity contribution in [2.75, 3.05) is 11.9 Å². The molecule has 1 aliphatic rings. The van der Waals surface area contributed by atoms with Crippen molar-refractivity contribution in [1.82, 2.24) is 9.97 Å². The van der Waals surface area contributed by atoms with Crippen LogP contribution in [0.1, 0.15) is 49.7 Å². The van der Waals surface area contributed by atoms with Crippen LogP contribution in [0.15, 0.2) is 48.8 Å². The first kappa shape index (κ1) is 19.2. The number of ketones is 1. The van der Waals surface area contributed by atoms with E-state index in [0.29, 0.717) is 13.0 Å². The van der Waals surface area contributed by atoms with Crippen LogP contribution in [0.4, 0.5) is 11.4 Å². The number of nitrogens with one attached hydrogen (secondary N) is 2. The summed E-state index contributed by atoms with van der Waals surface area (Å²) >= 11 is 0. The maximum atomic E-state index is 13.1. The molecule has 0 fully saturated rings. The van der Waals surface area contributed by atoms with Gasteiger partial charge in [-0.3, -0.25) is 9.78 Å². The Morgan fingerprint density at radius 1 is 1.17 bits per heavy atom. The molecule has 2 N–H and O–H groups in total. The van der Waals surface area contributed by atoms with Gasteiger partial charge in [0, 0.05) is 41.8 Å². The van der Waals surface area contributed by atoms with Crippen LogP contribution in [-0.4, -0.2) is 22.4 Å². The second kappa shape index (κ2) is 7.74. The van der Waals surface area contributed by atoms with Crippen molar-refractivity contribution in [2.24, 2.45) is 5.41 Å². The molecule has 0 aliphatic heterocycles. The van der Waals surface area contributed by atoms with Gasteiger partial charge in [-0.15, -0.1) is 0 Å². The number of nitrogens with zero attached hydrogens (tertiary/aromatic N) is 1. The zero-order valence-electron chi connectivity index (χ0n) is 17.2. The molecule has 29 heavy (non-hydrogen) atoms. The van der Waals surface area contributed by atoms with E-state index < -0.39 is 0 Å². The highest BCUT2D eigenvalue weighted by atomic mass is 16.5. The van der Waals surface area contributed by atoms with Crippen molar-refractivity contribution >= 4 is 17.2 Å². The molecule has 5 heteroatoms. The molecule has 5 nitrogen and oxygen atoms in total. The fraction of sp³-hybridized carbons (Fsp3) is 0.333. The molecule has 2 aromatic heterocycles. The van der Waals surface area contributed by atoms with Gasteiger partial charge in [0.15, 0.2) is 5.78 Å². The highest BCUT2D eigenvalue weighted by Gasteiger charge is 2.35.